The smallest absolute Gasteiger partial charge is 0.408 e. The second-order valence-corrected chi connectivity index (χ2v) is 10.1. The summed E-state index contributed by atoms with van der Waals surface area (Å²) in [5, 5.41) is 28.4. The van der Waals surface area contributed by atoms with E-state index in [-0.39, 0.29) is 25.0 Å². The molecule has 0 heterocycles. The number of aromatic hydroxyl groups is 1. The summed E-state index contributed by atoms with van der Waals surface area (Å²) < 4.78 is 5.30. The van der Waals surface area contributed by atoms with Crippen molar-refractivity contribution in [2.24, 2.45) is 0 Å². The minimum atomic E-state index is -1.20. The minimum absolute atomic E-state index is 0.0297. The van der Waals surface area contributed by atoms with Crippen molar-refractivity contribution in [2.75, 3.05) is 5.32 Å². The lowest BCUT2D eigenvalue weighted by Crippen LogP contribution is -2.54. The number of phenols is 1. The number of nitrogens with one attached hydrogen (secondary N) is 3. The van der Waals surface area contributed by atoms with Crippen molar-refractivity contribution in [3.05, 3.63) is 72.3 Å². The topological polar surface area (TPSA) is 154 Å². The first-order chi connectivity index (χ1) is 18.4. The normalized spacial score (nSPS) is 12.7. The minimum Gasteiger partial charge on any atom is -0.508 e. The number of fused-ring (bicyclic) bond motifs is 1. The van der Waals surface area contributed by atoms with E-state index in [2.05, 4.69) is 16.0 Å². The number of carboxylic acids is 1. The summed E-state index contributed by atoms with van der Waals surface area (Å²) in [5.41, 5.74) is 0.331. The fraction of sp³-hybridized carbons (Fsp3) is 0.310. The van der Waals surface area contributed by atoms with Crippen LogP contribution in [0.25, 0.3) is 10.8 Å². The van der Waals surface area contributed by atoms with E-state index < -0.39 is 41.6 Å². The zero-order valence-corrected chi connectivity index (χ0v) is 22.1. The summed E-state index contributed by atoms with van der Waals surface area (Å²) in [6.45, 7) is 5.05. The molecule has 3 aromatic rings. The van der Waals surface area contributed by atoms with E-state index in [0.717, 1.165) is 10.8 Å². The van der Waals surface area contributed by atoms with Crippen LogP contribution < -0.4 is 16.0 Å². The predicted octanol–water partition coefficient (Wildman–Crippen LogP) is 3.97. The molecule has 0 bridgehead atoms. The molecule has 0 aliphatic heterocycles. The number of ether oxygens (including phenoxy) is 1. The van der Waals surface area contributed by atoms with Crippen LogP contribution in [0.1, 0.15) is 39.2 Å². The van der Waals surface area contributed by atoms with Gasteiger partial charge in [-0.25, -0.2) is 4.79 Å². The maximum atomic E-state index is 13.4. The maximum absolute atomic E-state index is 13.4. The number of hydrogen-bond acceptors (Lipinski definition) is 6. The number of carboxylic acid groups (broad SMARTS) is 1. The Labute approximate surface area is 226 Å². The molecular formula is C29H33N3O7. The molecule has 0 spiro atoms. The third-order valence-electron chi connectivity index (χ3n) is 5.71. The highest BCUT2D eigenvalue weighted by Gasteiger charge is 2.29. The fourth-order valence-electron chi connectivity index (χ4n) is 3.89. The lowest BCUT2D eigenvalue weighted by Gasteiger charge is -2.25. The summed E-state index contributed by atoms with van der Waals surface area (Å²) in [5.74, 6) is -2.38. The summed E-state index contributed by atoms with van der Waals surface area (Å²) >= 11 is 0. The Balaban J connectivity index is 1.82. The van der Waals surface area contributed by atoms with Gasteiger partial charge in [-0.05, 0) is 56.3 Å². The van der Waals surface area contributed by atoms with Gasteiger partial charge < -0.3 is 30.9 Å². The van der Waals surface area contributed by atoms with Crippen LogP contribution in [0.2, 0.25) is 0 Å². The van der Waals surface area contributed by atoms with E-state index in [1.165, 1.54) is 12.1 Å². The molecule has 10 nitrogen and oxygen atoms in total. The van der Waals surface area contributed by atoms with Crippen LogP contribution >= 0.6 is 0 Å². The average molecular weight is 536 g/mol. The van der Waals surface area contributed by atoms with Crippen LogP contribution in [0, 0.1) is 0 Å². The fourth-order valence-corrected chi connectivity index (χ4v) is 3.89. The Hall–Kier alpha value is -4.60. The Morgan fingerprint density at radius 2 is 1.51 bits per heavy atom. The molecular weight excluding hydrogens is 502 g/mol. The first-order valence-electron chi connectivity index (χ1n) is 12.5. The monoisotopic (exact) mass is 535 g/mol. The van der Waals surface area contributed by atoms with Gasteiger partial charge in [0.05, 0.1) is 0 Å². The average Bonchev–Trinajstić information content (AvgIpc) is 2.86. The molecule has 10 heteroatoms. The highest BCUT2D eigenvalue weighted by atomic mass is 16.6. The second kappa shape index (κ2) is 12.8. The van der Waals surface area contributed by atoms with Crippen LogP contribution in [-0.2, 0) is 25.5 Å². The number of carbonyl (C=O) groups excluding carboxylic acids is 3. The Morgan fingerprint density at radius 1 is 0.846 bits per heavy atom. The molecule has 3 rings (SSSR count). The molecule has 2 atom stereocenters. The number of aliphatic carboxylic acids is 1. The molecule has 0 saturated heterocycles. The number of rotatable bonds is 10. The number of alkyl carbamates (subject to hydrolysis) is 1. The molecule has 0 fully saturated rings. The van der Waals surface area contributed by atoms with Gasteiger partial charge in [-0.15, -0.1) is 0 Å². The van der Waals surface area contributed by atoms with E-state index in [9.17, 15) is 29.4 Å². The number of anilines is 1. The van der Waals surface area contributed by atoms with E-state index in [0.29, 0.717) is 11.3 Å². The molecule has 39 heavy (non-hydrogen) atoms. The quantitative estimate of drug-likeness (QED) is 0.263. The highest BCUT2D eigenvalue weighted by molar-refractivity contribution is 6.05. The van der Waals surface area contributed by atoms with Crippen molar-refractivity contribution in [2.45, 2.75) is 57.7 Å². The predicted molar refractivity (Wildman–Crippen MR) is 146 cm³/mol. The van der Waals surface area contributed by atoms with Crippen molar-refractivity contribution < 1.29 is 34.1 Å². The number of carbonyl (C=O) groups is 4. The molecule has 0 unspecified atom stereocenters. The molecule has 0 aromatic heterocycles. The van der Waals surface area contributed by atoms with Gasteiger partial charge in [-0.3, -0.25) is 14.4 Å². The molecule has 0 radical (unpaired) electrons. The Morgan fingerprint density at radius 3 is 2.18 bits per heavy atom. The number of phenolic OH excluding ortho intramolecular Hbond substituents is 1. The van der Waals surface area contributed by atoms with Crippen LogP contribution in [0.3, 0.4) is 0 Å². The standard InChI is InChI=1S/C29H33N3O7/c1-29(2,3)39-28(38)32-24(17-18-11-13-20(33)14-12-18)27(37)31-23(15-16-25(34)35)26(36)30-22-10-6-8-19-7-4-5-9-21(19)22/h4-14,23-24,33H,15-17H2,1-3H3,(H,30,36)(H,31,37)(H,32,38)(H,34,35)/t23-,24-/m0/s1. The number of hydrogen-bond donors (Lipinski definition) is 5. The number of amides is 3. The summed E-state index contributed by atoms with van der Waals surface area (Å²) in [6, 6.07) is 16.6. The SMILES string of the molecule is CC(C)(C)OC(=O)N[C@@H](Cc1ccc(O)cc1)C(=O)N[C@@H](CCC(=O)O)C(=O)Nc1cccc2ccccc12. The van der Waals surface area contributed by atoms with E-state index in [1.54, 1.807) is 45.0 Å². The van der Waals surface area contributed by atoms with Crippen molar-refractivity contribution in [1.29, 1.82) is 0 Å². The van der Waals surface area contributed by atoms with Crippen molar-refractivity contribution in [3.8, 4) is 5.75 Å². The van der Waals surface area contributed by atoms with Gasteiger partial charge in [0, 0.05) is 23.9 Å². The maximum Gasteiger partial charge on any atom is 0.408 e. The Bertz CT molecular complexity index is 1330. The van der Waals surface area contributed by atoms with Crippen molar-refractivity contribution in [3.63, 3.8) is 0 Å². The summed E-state index contributed by atoms with van der Waals surface area (Å²) in [4.78, 5) is 50.5. The van der Waals surface area contributed by atoms with Gasteiger partial charge in [0.15, 0.2) is 0 Å². The third kappa shape index (κ3) is 9.03. The van der Waals surface area contributed by atoms with Crippen molar-refractivity contribution >= 4 is 40.3 Å². The molecule has 0 saturated carbocycles. The Kier molecular flexibility index (Phi) is 9.48. The highest BCUT2D eigenvalue weighted by Crippen LogP contribution is 2.23. The van der Waals surface area contributed by atoms with Gasteiger partial charge in [0.1, 0.15) is 23.4 Å². The molecule has 0 aliphatic carbocycles. The molecule has 5 N–H and O–H groups in total. The van der Waals surface area contributed by atoms with Gasteiger partial charge in [-0.1, -0.05) is 48.5 Å². The molecule has 206 valence electrons. The van der Waals surface area contributed by atoms with Crippen LogP contribution in [0.4, 0.5) is 10.5 Å². The van der Waals surface area contributed by atoms with E-state index in [4.69, 9.17) is 4.74 Å². The van der Waals surface area contributed by atoms with Crippen LogP contribution in [-0.4, -0.2) is 51.8 Å². The van der Waals surface area contributed by atoms with E-state index in [1.807, 2.05) is 30.3 Å². The first-order valence-corrected chi connectivity index (χ1v) is 12.5. The second-order valence-electron chi connectivity index (χ2n) is 10.1. The van der Waals surface area contributed by atoms with Crippen LogP contribution in [0.15, 0.2) is 66.7 Å². The van der Waals surface area contributed by atoms with Gasteiger partial charge in [0.25, 0.3) is 0 Å². The summed E-state index contributed by atoms with van der Waals surface area (Å²) in [6.07, 6.45) is -1.34. The van der Waals surface area contributed by atoms with Gasteiger partial charge >= 0.3 is 12.1 Å². The zero-order chi connectivity index (χ0) is 28.6. The largest absolute Gasteiger partial charge is 0.508 e. The lowest BCUT2D eigenvalue weighted by atomic mass is 10.0. The zero-order valence-electron chi connectivity index (χ0n) is 22.1. The lowest BCUT2D eigenvalue weighted by molar-refractivity contribution is -0.137. The third-order valence-corrected chi connectivity index (χ3v) is 5.71. The van der Waals surface area contributed by atoms with E-state index >= 15 is 0 Å². The molecule has 3 aromatic carbocycles. The molecule has 0 aliphatic rings. The van der Waals surface area contributed by atoms with Crippen LogP contribution in [0.5, 0.6) is 5.75 Å². The van der Waals surface area contributed by atoms with Gasteiger partial charge in [0.2, 0.25) is 11.8 Å². The number of benzene rings is 3. The van der Waals surface area contributed by atoms with Gasteiger partial charge in [-0.2, -0.15) is 0 Å². The molecule has 3 amide bonds. The first kappa shape index (κ1) is 29.0. The van der Waals surface area contributed by atoms with Crippen molar-refractivity contribution in [1.82, 2.24) is 10.6 Å². The summed E-state index contributed by atoms with van der Waals surface area (Å²) in [7, 11) is 0.